The van der Waals surface area contributed by atoms with Crippen molar-refractivity contribution in [1.82, 2.24) is 10.2 Å². The molecule has 0 radical (unpaired) electrons. The number of hydrogen-bond acceptors (Lipinski definition) is 3. The third kappa shape index (κ3) is 2.88. The minimum Gasteiger partial charge on any atom is -0.489 e. The summed E-state index contributed by atoms with van der Waals surface area (Å²) in [6.45, 7) is 1.82. The lowest BCUT2D eigenvalue weighted by Crippen LogP contribution is -2.38. The fourth-order valence-electron chi connectivity index (χ4n) is 2.93. The van der Waals surface area contributed by atoms with Crippen LogP contribution in [0, 0.1) is 5.82 Å². The molecule has 1 N–H and O–H groups in total. The number of carbonyl (C=O) groups excluding carboxylic acids is 1. The van der Waals surface area contributed by atoms with Crippen LogP contribution in [0.3, 0.4) is 0 Å². The topological polar surface area (TPSA) is 41.6 Å². The maximum Gasteiger partial charge on any atom is 0.224 e. The predicted octanol–water partition coefficient (Wildman–Crippen LogP) is 1.59. The number of benzene rings is 1. The zero-order chi connectivity index (χ0) is 13.2. The summed E-state index contributed by atoms with van der Waals surface area (Å²) in [5.74, 6) is 0.0465. The highest BCUT2D eigenvalue weighted by Crippen LogP contribution is 2.25. The minimum atomic E-state index is -0.365. The highest BCUT2D eigenvalue weighted by atomic mass is 35.5. The van der Waals surface area contributed by atoms with Crippen molar-refractivity contribution in [2.75, 3.05) is 19.7 Å². The maximum absolute atomic E-state index is 13.4. The summed E-state index contributed by atoms with van der Waals surface area (Å²) in [5, 5.41) is 3.33. The summed E-state index contributed by atoms with van der Waals surface area (Å²) in [5.41, 5.74) is 0. The van der Waals surface area contributed by atoms with Gasteiger partial charge in [-0.25, -0.2) is 4.39 Å². The van der Waals surface area contributed by atoms with Crippen LogP contribution >= 0.6 is 12.4 Å². The summed E-state index contributed by atoms with van der Waals surface area (Å²) in [6, 6.07) is 6.91. The smallest absolute Gasteiger partial charge is 0.224 e. The number of para-hydroxylation sites is 1. The summed E-state index contributed by atoms with van der Waals surface area (Å²) in [6.07, 6.45) is 1.57. The van der Waals surface area contributed by atoms with Gasteiger partial charge in [-0.15, -0.1) is 12.4 Å². The second kappa shape index (κ2) is 6.41. The first-order valence-electron chi connectivity index (χ1n) is 6.66. The molecule has 6 heteroatoms. The Balaban J connectivity index is 0.00000147. The van der Waals surface area contributed by atoms with Crippen LogP contribution in [0.1, 0.15) is 12.8 Å². The molecule has 110 valence electrons. The molecule has 2 saturated heterocycles. The van der Waals surface area contributed by atoms with Crippen molar-refractivity contribution < 1.29 is 13.9 Å². The minimum absolute atomic E-state index is 0. The number of halogens is 2. The number of nitrogens with one attached hydrogen (secondary N) is 1. The van der Waals surface area contributed by atoms with Gasteiger partial charge in [-0.3, -0.25) is 4.79 Å². The van der Waals surface area contributed by atoms with E-state index in [1.165, 1.54) is 6.07 Å². The van der Waals surface area contributed by atoms with E-state index in [2.05, 4.69) is 5.32 Å². The Morgan fingerprint density at radius 1 is 1.40 bits per heavy atom. The summed E-state index contributed by atoms with van der Waals surface area (Å²) >= 11 is 0. The lowest BCUT2D eigenvalue weighted by Gasteiger charge is -2.23. The molecule has 0 aliphatic carbocycles. The predicted molar refractivity (Wildman–Crippen MR) is 75.7 cm³/mol. The first-order valence-corrected chi connectivity index (χ1v) is 6.66. The van der Waals surface area contributed by atoms with Crippen LogP contribution in [-0.2, 0) is 4.79 Å². The lowest BCUT2D eigenvalue weighted by atomic mass is 10.1. The first kappa shape index (κ1) is 15.1. The molecule has 3 rings (SSSR count). The molecule has 2 heterocycles. The van der Waals surface area contributed by atoms with Crippen molar-refractivity contribution >= 4 is 18.3 Å². The third-order valence-corrected chi connectivity index (χ3v) is 3.85. The highest BCUT2D eigenvalue weighted by Gasteiger charge is 2.41. The van der Waals surface area contributed by atoms with Crippen molar-refractivity contribution in [1.29, 1.82) is 0 Å². The zero-order valence-corrected chi connectivity index (χ0v) is 11.9. The average molecular weight is 301 g/mol. The van der Waals surface area contributed by atoms with Crippen LogP contribution in [0.2, 0.25) is 0 Å². The van der Waals surface area contributed by atoms with Crippen LogP contribution in [0.15, 0.2) is 24.3 Å². The molecule has 0 bridgehead atoms. The van der Waals surface area contributed by atoms with E-state index in [1.807, 2.05) is 4.90 Å². The summed E-state index contributed by atoms with van der Waals surface area (Å²) in [7, 11) is 0. The molecule has 20 heavy (non-hydrogen) atoms. The van der Waals surface area contributed by atoms with E-state index in [0.29, 0.717) is 25.6 Å². The van der Waals surface area contributed by atoms with Crippen LogP contribution < -0.4 is 10.1 Å². The van der Waals surface area contributed by atoms with Gasteiger partial charge in [-0.2, -0.15) is 0 Å². The van der Waals surface area contributed by atoms with E-state index in [-0.39, 0.29) is 35.9 Å². The van der Waals surface area contributed by atoms with Gasteiger partial charge in [-0.1, -0.05) is 12.1 Å². The molecule has 0 spiro atoms. The van der Waals surface area contributed by atoms with Gasteiger partial charge in [0.05, 0.1) is 6.54 Å². The van der Waals surface area contributed by atoms with Gasteiger partial charge in [0.25, 0.3) is 0 Å². The van der Waals surface area contributed by atoms with Crippen LogP contribution in [0.25, 0.3) is 0 Å². The molecule has 1 aromatic rings. The van der Waals surface area contributed by atoms with Crippen LogP contribution in [0.5, 0.6) is 5.75 Å². The molecule has 1 amide bonds. The lowest BCUT2D eigenvalue weighted by molar-refractivity contribution is -0.129. The average Bonchev–Trinajstić information content (AvgIpc) is 2.94. The molecular formula is C14H18ClFN2O2. The van der Waals surface area contributed by atoms with E-state index in [0.717, 1.165) is 13.0 Å². The molecule has 2 aliphatic heterocycles. The molecule has 0 unspecified atom stereocenters. The van der Waals surface area contributed by atoms with Gasteiger partial charge >= 0.3 is 0 Å². The molecule has 0 aromatic heterocycles. The Morgan fingerprint density at radius 3 is 3.00 bits per heavy atom. The number of amides is 1. The Kier molecular flexibility index (Phi) is 4.83. The van der Waals surface area contributed by atoms with E-state index in [1.54, 1.807) is 18.2 Å². The second-order valence-electron chi connectivity index (χ2n) is 4.99. The van der Waals surface area contributed by atoms with Crippen molar-refractivity contribution in [3.05, 3.63) is 30.1 Å². The number of ether oxygens (including phenoxy) is 1. The Morgan fingerprint density at radius 2 is 2.20 bits per heavy atom. The van der Waals surface area contributed by atoms with Crippen LogP contribution in [-0.4, -0.2) is 42.6 Å². The maximum atomic E-state index is 13.4. The molecule has 4 nitrogen and oxygen atoms in total. The monoisotopic (exact) mass is 300 g/mol. The SMILES string of the molecule is Cl.O=C1C[C@H]2NCC[C@H]2N1CCOc1ccccc1F. The molecule has 0 saturated carbocycles. The van der Waals surface area contributed by atoms with Gasteiger partial charge in [-0.05, 0) is 25.1 Å². The van der Waals surface area contributed by atoms with Gasteiger partial charge < -0.3 is 15.0 Å². The van der Waals surface area contributed by atoms with E-state index < -0.39 is 0 Å². The van der Waals surface area contributed by atoms with E-state index in [9.17, 15) is 9.18 Å². The van der Waals surface area contributed by atoms with Crippen molar-refractivity contribution in [2.45, 2.75) is 24.9 Å². The quantitative estimate of drug-likeness (QED) is 0.918. The van der Waals surface area contributed by atoms with Gasteiger partial charge in [0.15, 0.2) is 11.6 Å². The van der Waals surface area contributed by atoms with E-state index >= 15 is 0 Å². The zero-order valence-electron chi connectivity index (χ0n) is 11.0. The molecule has 2 fully saturated rings. The summed E-state index contributed by atoms with van der Waals surface area (Å²) in [4.78, 5) is 13.7. The number of rotatable bonds is 4. The third-order valence-electron chi connectivity index (χ3n) is 3.85. The Hall–Kier alpha value is -1.33. The van der Waals surface area contributed by atoms with Crippen LogP contribution in [0.4, 0.5) is 4.39 Å². The molecular weight excluding hydrogens is 283 g/mol. The van der Waals surface area contributed by atoms with Crippen molar-refractivity contribution in [2.24, 2.45) is 0 Å². The number of fused-ring (bicyclic) bond motifs is 1. The molecule has 2 aliphatic rings. The van der Waals surface area contributed by atoms with Crippen molar-refractivity contribution in [3.63, 3.8) is 0 Å². The number of carbonyl (C=O) groups is 1. The molecule has 1 aromatic carbocycles. The number of hydrogen-bond donors (Lipinski definition) is 1. The van der Waals surface area contributed by atoms with E-state index in [4.69, 9.17) is 4.74 Å². The number of nitrogens with zero attached hydrogens (tertiary/aromatic N) is 1. The fraction of sp³-hybridized carbons (Fsp3) is 0.500. The number of likely N-dealkylation sites (tertiary alicyclic amines) is 1. The highest BCUT2D eigenvalue weighted by molar-refractivity contribution is 5.85. The van der Waals surface area contributed by atoms with Gasteiger partial charge in [0.2, 0.25) is 5.91 Å². The largest absolute Gasteiger partial charge is 0.489 e. The summed E-state index contributed by atoms with van der Waals surface area (Å²) < 4.78 is 18.8. The van der Waals surface area contributed by atoms with Gasteiger partial charge in [0.1, 0.15) is 6.61 Å². The molecule has 2 atom stereocenters. The Bertz CT molecular complexity index is 486. The normalized spacial score (nSPS) is 24.4. The second-order valence-corrected chi connectivity index (χ2v) is 4.99. The standard InChI is InChI=1S/C14H17FN2O2.ClH/c15-10-3-1-2-4-13(10)19-8-7-17-12-5-6-16-11(12)9-14(17)18;/h1-4,11-12,16H,5-9H2;1H/t11-,12-;/m1./s1. The first-order chi connectivity index (χ1) is 9.25. The Labute approximate surface area is 123 Å². The van der Waals surface area contributed by atoms with Crippen molar-refractivity contribution in [3.8, 4) is 5.75 Å². The fourth-order valence-corrected chi connectivity index (χ4v) is 2.93. The van der Waals surface area contributed by atoms with Gasteiger partial charge in [0, 0.05) is 18.5 Å².